The smallest absolute Gasteiger partial charge is 0.173 e. The molecule has 0 bridgehead atoms. The fraction of sp³-hybridized carbons (Fsp3) is 0.444. The van der Waals surface area contributed by atoms with Gasteiger partial charge in [0.1, 0.15) is 5.82 Å². The molecule has 3 nitrogen and oxygen atoms in total. The van der Waals surface area contributed by atoms with E-state index in [4.69, 9.17) is 0 Å². The third-order valence-electron chi connectivity index (χ3n) is 2.58. The van der Waals surface area contributed by atoms with Crippen molar-refractivity contribution in [2.45, 2.75) is 25.2 Å². The molecule has 2 heterocycles. The van der Waals surface area contributed by atoms with E-state index in [1.807, 2.05) is 11.7 Å². The molecule has 1 fully saturated rings. The summed E-state index contributed by atoms with van der Waals surface area (Å²) in [5.41, 5.74) is 2.69. The van der Waals surface area contributed by atoms with E-state index in [1.54, 1.807) is 11.3 Å². The van der Waals surface area contributed by atoms with Gasteiger partial charge in [0.25, 0.3) is 0 Å². The van der Waals surface area contributed by atoms with Gasteiger partial charge in [0, 0.05) is 5.92 Å². The van der Waals surface area contributed by atoms with Crippen molar-refractivity contribution in [1.82, 2.24) is 15.0 Å². The fourth-order valence-corrected chi connectivity index (χ4v) is 2.13. The summed E-state index contributed by atoms with van der Waals surface area (Å²) in [6, 6.07) is 0. The molecule has 1 aliphatic carbocycles. The second-order valence-electron chi connectivity index (χ2n) is 3.40. The predicted molar refractivity (Wildman–Crippen MR) is 51.8 cm³/mol. The van der Waals surface area contributed by atoms with Gasteiger partial charge in [-0.15, -0.1) is 11.3 Å². The van der Waals surface area contributed by atoms with Gasteiger partial charge in [-0.2, -0.15) is 0 Å². The molecule has 1 saturated carbocycles. The highest BCUT2D eigenvalue weighted by molar-refractivity contribution is 7.16. The molecule has 1 aliphatic rings. The molecule has 4 heteroatoms. The van der Waals surface area contributed by atoms with Crippen molar-refractivity contribution in [3.05, 3.63) is 17.5 Å². The van der Waals surface area contributed by atoms with Gasteiger partial charge in [-0.05, 0) is 12.8 Å². The summed E-state index contributed by atoms with van der Waals surface area (Å²) in [5.74, 6) is 1.59. The third kappa shape index (κ3) is 1.13. The summed E-state index contributed by atoms with van der Waals surface area (Å²) >= 11 is 1.60. The van der Waals surface area contributed by atoms with Crippen LogP contribution in [0.5, 0.6) is 0 Å². The highest BCUT2D eigenvalue weighted by Gasteiger charge is 2.22. The molecule has 0 unspecified atom stereocenters. The van der Waals surface area contributed by atoms with Crippen LogP contribution in [0, 0.1) is 0 Å². The molecule has 2 aromatic heterocycles. The van der Waals surface area contributed by atoms with Crippen molar-refractivity contribution in [2.75, 3.05) is 0 Å². The molecule has 66 valence electrons. The monoisotopic (exact) mass is 191 g/mol. The average Bonchev–Trinajstić information content (AvgIpc) is 2.47. The van der Waals surface area contributed by atoms with E-state index in [0.717, 1.165) is 16.2 Å². The van der Waals surface area contributed by atoms with E-state index in [1.165, 1.54) is 19.3 Å². The summed E-state index contributed by atoms with van der Waals surface area (Å²) in [6.45, 7) is 0. The lowest BCUT2D eigenvalue weighted by atomic mass is 9.85. The molecular weight excluding hydrogens is 182 g/mol. The minimum absolute atomic E-state index is 0.603. The Labute approximate surface area is 79.9 Å². The van der Waals surface area contributed by atoms with Crippen LogP contribution in [0.1, 0.15) is 31.0 Å². The summed E-state index contributed by atoms with van der Waals surface area (Å²) in [4.78, 5) is 13.0. The van der Waals surface area contributed by atoms with Crippen LogP contribution >= 0.6 is 11.3 Å². The zero-order valence-corrected chi connectivity index (χ0v) is 7.92. The van der Waals surface area contributed by atoms with Crippen LogP contribution in [0.2, 0.25) is 0 Å². The van der Waals surface area contributed by atoms with Gasteiger partial charge in [-0.3, -0.25) is 0 Å². The average molecular weight is 191 g/mol. The molecular formula is C9H9N3S. The zero-order chi connectivity index (χ0) is 8.67. The van der Waals surface area contributed by atoms with E-state index in [9.17, 15) is 0 Å². The van der Waals surface area contributed by atoms with Gasteiger partial charge in [0.15, 0.2) is 5.65 Å². The van der Waals surface area contributed by atoms with E-state index >= 15 is 0 Å². The minimum atomic E-state index is 0.603. The lowest BCUT2D eigenvalue weighted by Crippen LogP contribution is -2.12. The van der Waals surface area contributed by atoms with Crippen molar-refractivity contribution >= 4 is 21.7 Å². The summed E-state index contributed by atoms with van der Waals surface area (Å²) in [7, 11) is 0. The van der Waals surface area contributed by atoms with E-state index in [0.29, 0.717) is 5.92 Å². The molecule has 3 rings (SSSR count). The number of rotatable bonds is 1. The van der Waals surface area contributed by atoms with E-state index < -0.39 is 0 Å². The first-order valence-electron chi connectivity index (χ1n) is 4.49. The SMILES string of the molecule is c1nc2nc(C3CCC3)ncc2s1. The molecule has 0 saturated heterocycles. The maximum atomic E-state index is 4.45. The Balaban J connectivity index is 2.09. The molecule has 0 N–H and O–H groups in total. The Kier molecular flexibility index (Phi) is 1.55. The van der Waals surface area contributed by atoms with Gasteiger partial charge in [0.2, 0.25) is 0 Å². The van der Waals surface area contributed by atoms with Gasteiger partial charge >= 0.3 is 0 Å². The molecule has 0 aliphatic heterocycles. The maximum absolute atomic E-state index is 4.45. The van der Waals surface area contributed by atoms with Crippen molar-refractivity contribution in [3.8, 4) is 0 Å². The van der Waals surface area contributed by atoms with Gasteiger partial charge < -0.3 is 0 Å². The molecule has 0 radical (unpaired) electrons. The lowest BCUT2D eigenvalue weighted by molar-refractivity contribution is 0.402. The predicted octanol–water partition coefficient (Wildman–Crippen LogP) is 2.35. The van der Waals surface area contributed by atoms with Crippen molar-refractivity contribution in [2.24, 2.45) is 0 Å². The van der Waals surface area contributed by atoms with Crippen molar-refractivity contribution in [3.63, 3.8) is 0 Å². The van der Waals surface area contributed by atoms with Crippen LogP contribution in [0.15, 0.2) is 11.7 Å². The summed E-state index contributed by atoms with van der Waals surface area (Å²) in [6.07, 6.45) is 5.71. The van der Waals surface area contributed by atoms with Crippen LogP contribution < -0.4 is 0 Å². The Bertz CT molecular complexity index is 433. The van der Waals surface area contributed by atoms with Gasteiger partial charge in [0.05, 0.1) is 16.4 Å². The highest BCUT2D eigenvalue weighted by atomic mass is 32.1. The van der Waals surface area contributed by atoms with Crippen molar-refractivity contribution < 1.29 is 0 Å². The number of thiazole rings is 1. The molecule has 0 spiro atoms. The van der Waals surface area contributed by atoms with Gasteiger partial charge in [-0.1, -0.05) is 6.42 Å². The Hall–Kier alpha value is -1.03. The van der Waals surface area contributed by atoms with Crippen LogP contribution in [0.25, 0.3) is 10.3 Å². The van der Waals surface area contributed by atoms with Gasteiger partial charge in [-0.25, -0.2) is 15.0 Å². The second-order valence-corrected chi connectivity index (χ2v) is 4.28. The minimum Gasteiger partial charge on any atom is -0.239 e. The van der Waals surface area contributed by atoms with Crippen LogP contribution in [0.3, 0.4) is 0 Å². The van der Waals surface area contributed by atoms with Crippen molar-refractivity contribution in [1.29, 1.82) is 0 Å². The standard InChI is InChI=1S/C9H9N3S/c1-2-6(3-1)8-10-4-7-9(12-8)11-5-13-7/h4-6H,1-3H2. The first-order valence-corrected chi connectivity index (χ1v) is 5.37. The third-order valence-corrected chi connectivity index (χ3v) is 3.33. The number of fused-ring (bicyclic) bond motifs is 1. The number of aromatic nitrogens is 3. The normalized spacial score (nSPS) is 17.5. The second kappa shape index (κ2) is 2.73. The number of hydrogen-bond donors (Lipinski definition) is 0. The van der Waals surface area contributed by atoms with E-state index in [-0.39, 0.29) is 0 Å². The zero-order valence-electron chi connectivity index (χ0n) is 7.10. The molecule has 0 atom stereocenters. The Morgan fingerprint density at radius 3 is 3.00 bits per heavy atom. The highest BCUT2D eigenvalue weighted by Crippen LogP contribution is 2.34. The maximum Gasteiger partial charge on any atom is 0.173 e. The molecule has 13 heavy (non-hydrogen) atoms. The first kappa shape index (κ1) is 7.38. The molecule has 2 aromatic rings. The first-order chi connectivity index (χ1) is 6.43. The molecule has 0 amide bonds. The molecule has 0 aromatic carbocycles. The summed E-state index contributed by atoms with van der Waals surface area (Å²) in [5, 5.41) is 0. The number of nitrogens with zero attached hydrogens (tertiary/aromatic N) is 3. The Morgan fingerprint density at radius 1 is 1.31 bits per heavy atom. The lowest BCUT2D eigenvalue weighted by Gasteiger charge is -2.23. The Morgan fingerprint density at radius 2 is 2.23 bits per heavy atom. The quantitative estimate of drug-likeness (QED) is 0.694. The van der Waals surface area contributed by atoms with Crippen LogP contribution in [-0.4, -0.2) is 15.0 Å². The number of hydrogen-bond acceptors (Lipinski definition) is 4. The largest absolute Gasteiger partial charge is 0.239 e. The topological polar surface area (TPSA) is 38.7 Å². The fourth-order valence-electron chi connectivity index (χ4n) is 1.55. The van der Waals surface area contributed by atoms with E-state index in [2.05, 4.69) is 15.0 Å². The van der Waals surface area contributed by atoms with Crippen LogP contribution in [0.4, 0.5) is 0 Å². The summed E-state index contributed by atoms with van der Waals surface area (Å²) < 4.78 is 1.09. The van der Waals surface area contributed by atoms with Crippen LogP contribution in [-0.2, 0) is 0 Å².